The number of nitrogens with one attached hydrogen (secondary N) is 2. The van der Waals surface area contributed by atoms with Gasteiger partial charge in [-0.2, -0.15) is 0 Å². The quantitative estimate of drug-likeness (QED) is 0.439. The van der Waals surface area contributed by atoms with Crippen molar-refractivity contribution in [1.29, 1.82) is 0 Å². The molecule has 0 saturated heterocycles. The zero-order chi connectivity index (χ0) is 13.3. The van der Waals surface area contributed by atoms with E-state index < -0.39 is 0 Å². The van der Waals surface area contributed by atoms with Gasteiger partial charge in [0.2, 0.25) is 0 Å². The molecule has 2 N–H and O–H groups in total. The van der Waals surface area contributed by atoms with E-state index >= 15 is 0 Å². The molecular weight excluding hydrogens is 227 g/mol. The van der Waals surface area contributed by atoms with Crippen LogP contribution >= 0.6 is 0 Å². The first-order chi connectivity index (χ1) is 8.91. The van der Waals surface area contributed by atoms with Gasteiger partial charge >= 0.3 is 0 Å². The van der Waals surface area contributed by atoms with Crippen molar-refractivity contribution < 1.29 is 4.39 Å². The van der Waals surface area contributed by atoms with Crippen LogP contribution in [-0.2, 0) is 0 Å². The number of hydrogen-bond donors (Lipinski definition) is 2. The van der Waals surface area contributed by atoms with E-state index in [0.717, 1.165) is 19.6 Å². The Balaban J connectivity index is 2.86. The van der Waals surface area contributed by atoms with Crippen LogP contribution in [0.25, 0.3) is 0 Å². The second-order valence-corrected chi connectivity index (χ2v) is 5.02. The minimum Gasteiger partial charge on any atom is -0.315 e. The van der Waals surface area contributed by atoms with Crippen LogP contribution in [0.2, 0.25) is 0 Å². The minimum absolute atomic E-state index is 0.266. The summed E-state index contributed by atoms with van der Waals surface area (Å²) >= 11 is 0. The second kappa shape index (κ2) is 16.9. The van der Waals surface area contributed by atoms with Gasteiger partial charge in [-0.15, -0.1) is 0 Å². The van der Waals surface area contributed by atoms with Crippen LogP contribution in [0.5, 0.6) is 0 Å². The molecule has 0 atom stereocenters. The zero-order valence-corrected chi connectivity index (χ0v) is 12.3. The molecule has 0 heterocycles. The van der Waals surface area contributed by atoms with Crippen molar-refractivity contribution in [2.24, 2.45) is 0 Å². The van der Waals surface area contributed by atoms with Crippen molar-refractivity contribution in [2.45, 2.75) is 64.7 Å². The summed E-state index contributed by atoms with van der Waals surface area (Å²) < 4.78 is 11.8. The lowest BCUT2D eigenvalue weighted by Crippen LogP contribution is -2.29. The molecule has 0 saturated carbocycles. The number of unbranched alkanes of at least 4 members (excludes halogenated alkanes) is 8. The van der Waals surface area contributed by atoms with Gasteiger partial charge in [0.25, 0.3) is 0 Å². The van der Waals surface area contributed by atoms with Crippen molar-refractivity contribution in [1.82, 2.24) is 10.6 Å². The van der Waals surface area contributed by atoms with Gasteiger partial charge in [0.05, 0.1) is 0 Å². The lowest BCUT2D eigenvalue weighted by molar-refractivity contribution is 0.463. The summed E-state index contributed by atoms with van der Waals surface area (Å²) in [6, 6.07) is 0. The van der Waals surface area contributed by atoms with Crippen molar-refractivity contribution in [3.63, 3.8) is 0 Å². The summed E-state index contributed by atoms with van der Waals surface area (Å²) in [6.45, 7) is 5.42. The fraction of sp³-hybridized carbons (Fsp3) is 1.00. The van der Waals surface area contributed by atoms with E-state index in [2.05, 4.69) is 17.6 Å². The summed E-state index contributed by atoms with van der Waals surface area (Å²) in [6.07, 6.45) is 12.4. The normalized spacial score (nSPS) is 11.0. The van der Waals surface area contributed by atoms with E-state index in [-0.39, 0.29) is 6.67 Å². The third-order valence-electron chi connectivity index (χ3n) is 3.21. The van der Waals surface area contributed by atoms with Gasteiger partial charge < -0.3 is 10.6 Å². The highest BCUT2D eigenvalue weighted by molar-refractivity contribution is 4.53. The highest BCUT2D eigenvalue weighted by Crippen LogP contribution is 2.08. The molecule has 0 unspecified atom stereocenters. The monoisotopic (exact) mass is 260 g/mol. The third-order valence-corrected chi connectivity index (χ3v) is 3.21. The molecule has 0 fully saturated rings. The van der Waals surface area contributed by atoms with E-state index in [0.29, 0.717) is 6.54 Å². The van der Waals surface area contributed by atoms with Crippen LogP contribution in [-0.4, -0.2) is 32.9 Å². The van der Waals surface area contributed by atoms with Crippen LogP contribution in [0.1, 0.15) is 64.7 Å². The van der Waals surface area contributed by atoms with Crippen LogP contribution in [0.3, 0.4) is 0 Å². The Morgan fingerprint density at radius 3 is 1.67 bits per heavy atom. The van der Waals surface area contributed by atoms with E-state index in [4.69, 9.17) is 0 Å². The molecule has 0 spiro atoms. The molecule has 0 aliphatic rings. The molecule has 18 heavy (non-hydrogen) atoms. The van der Waals surface area contributed by atoms with E-state index in [9.17, 15) is 4.39 Å². The predicted octanol–water partition coefficient (Wildman–Crippen LogP) is 3.67. The maximum absolute atomic E-state index is 11.8. The smallest absolute Gasteiger partial charge is 0.102 e. The second-order valence-electron chi connectivity index (χ2n) is 5.02. The summed E-state index contributed by atoms with van der Waals surface area (Å²) in [5.41, 5.74) is 0. The van der Waals surface area contributed by atoms with Gasteiger partial charge in [0.1, 0.15) is 6.67 Å². The lowest BCUT2D eigenvalue weighted by atomic mass is 10.1. The Kier molecular flexibility index (Phi) is 16.7. The first-order valence-electron chi connectivity index (χ1n) is 7.89. The Bertz CT molecular complexity index is 126. The first-order valence-corrected chi connectivity index (χ1v) is 7.89. The van der Waals surface area contributed by atoms with E-state index in [1.807, 2.05) is 0 Å². The number of alkyl halides is 1. The fourth-order valence-corrected chi connectivity index (χ4v) is 2.05. The van der Waals surface area contributed by atoms with Gasteiger partial charge in [0, 0.05) is 19.6 Å². The summed E-state index contributed by atoms with van der Waals surface area (Å²) in [7, 11) is 0. The minimum atomic E-state index is -0.266. The van der Waals surface area contributed by atoms with Gasteiger partial charge in [-0.3, -0.25) is 0 Å². The molecule has 0 radical (unpaired) electrons. The van der Waals surface area contributed by atoms with Crippen LogP contribution in [0.15, 0.2) is 0 Å². The Labute approximate surface area is 113 Å². The maximum Gasteiger partial charge on any atom is 0.102 e. The van der Waals surface area contributed by atoms with E-state index in [1.54, 1.807) is 0 Å². The van der Waals surface area contributed by atoms with Gasteiger partial charge in [-0.25, -0.2) is 4.39 Å². The average Bonchev–Trinajstić information content (AvgIpc) is 2.39. The Morgan fingerprint density at radius 2 is 1.11 bits per heavy atom. The molecule has 2 nitrogen and oxygen atoms in total. The molecule has 110 valence electrons. The molecule has 0 bridgehead atoms. The predicted molar refractivity (Wildman–Crippen MR) is 78.9 cm³/mol. The molecule has 3 heteroatoms. The summed E-state index contributed by atoms with van der Waals surface area (Å²) in [5.74, 6) is 0. The molecule has 0 aromatic heterocycles. The standard InChI is InChI=1S/C15H33FN2/c1-2-3-4-5-6-7-8-9-10-12-17-14-15-18-13-11-16/h17-18H,2-15H2,1H3. The number of rotatable bonds is 15. The summed E-state index contributed by atoms with van der Waals surface area (Å²) in [4.78, 5) is 0. The number of halogens is 1. The number of hydrogen-bond acceptors (Lipinski definition) is 2. The molecule has 0 amide bonds. The van der Waals surface area contributed by atoms with Crippen LogP contribution in [0.4, 0.5) is 4.39 Å². The Morgan fingerprint density at radius 1 is 0.611 bits per heavy atom. The van der Waals surface area contributed by atoms with Crippen molar-refractivity contribution >= 4 is 0 Å². The van der Waals surface area contributed by atoms with Crippen molar-refractivity contribution in [2.75, 3.05) is 32.9 Å². The van der Waals surface area contributed by atoms with Gasteiger partial charge in [0.15, 0.2) is 0 Å². The van der Waals surface area contributed by atoms with Crippen molar-refractivity contribution in [3.05, 3.63) is 0 Å². The highest BCUT2D eigenvalue weighted by atomic mass is 19.1. The van der Waals surface area contributed by atoms with Crippen molar-refractivity contribution in [3.8, 4) is 0 Å². The molecular formula is C15H33FN2. The van der Waals surface area contributed by atoms with Crippen LogP contribution in [0, 0.1) is 0 Å². The Hall–Kier alpha value is -0.150. The SMILES string of the molecule is CCCCCCCCCCCNCCNCCF. The fourth-order valence-electron chi connectivity index (χ4n) is 2.05. The van der Waals surface area contributed by atoms with Crippen LogP contribution < -0.4 is 10.6 Å². The third kappa shape index (κ3) is 15.9. The lowest BCUT2D eigenvalue weighted by Gasteiger charge is -2.05. The first kappa shape index (κ1) is 17.8. The van der Waals surface area contributed by atoms with Gasteiger partial charge in [-0.05, 0) is 13.0 Å². The molecule has 0 aliphatic carbocycles. The highest BCUT2D eigenvalue weighted by Gasteiger charge is 1.92. The zero-order valence-electron chi connectivity index (χ0n) is 12.3. The average molecular weight is 260 g/mol. The molecule has 0 aliphatic heterocycles. The molecule has 0 aromatic rings. The maximum atomic E-state index is 11.8. The molecule has 0 aromatic carbocycles. The largest absolute Gasteiger partial charge is 0.315 e. The van der Waals surface area contributed by atoms with E-state index in [1.165, 1.54) is 57.8 Å². The topological polar surface area (TPSA) is 24.1 Å². The van der Waals surface area contributed by atoms with Gasteiger partial charge in [-0.1, -0.05) is 58.3 Å². The summed E-state index contributed by atoms with van der Waals surface area (Å²) in [5, 5.41) is 6.41. The molecule has 0 rings (SSSR count).